The van der Waals surface area contributed by atoms with E-state index < -0.39 is 14.9 Å². The molecule has 0 amide bonds. The molecule has 1 aromatic carbocycles. The Hall–Kier alpha value is -1.97. The number of benzene rings is 1. The van der Waals surface area contributed by atoms with E-state index in [1.54, 1.807) is 13.8 Å². The van der Waals surface area contributed by atoms with Crippen molar-refractivity contribution in [3.63, 3.8) is 0 Å². The summed E-state index contributed by atoms with van der Waals surface area (Å²) in [5.41, 5.74) is 1.78. The summed E-state index contributed by atoms with van der Waals surface area (Å²) in [5, 5.41) is 17.4. The molecule has 0 spiro atoms. The number of hydrogen-bond acceptors (Lipinski definition) is 5. The van der Waals surface area contributed by atoms with Crippen molar-refractivity contribution in [2.75, 3.05) is 0 Å². The van der Waals surface area contributed by atoms with Crippen molar-refractivity contribution in [1.29, 1.82) is 0 Å². The average Bonchev–Trinajstić information content (AvgIpc) is 2.76. The largest absolute Gasteiger partial charge is 0.282 e. The molecule has 1 heterocycles. The molecule has 0 saturated heterocycles. The predicted molar refractivity (Wildman–Crippen MR) is 80.2 cm³/mol. The lowest BCUT2D eigenvalue weighted by Gasteiger charge is -2.08. The zero-order valence-electron chi connectivity index (χ0n) is 11.8. The maximum Gasteiger partial charge on any atom is 0.270 e. The Kier molecular flexibility index (Phi) is 4.50. The first-order chi connectivity index (χ1) is 10.2. The number of nitrogens with zero attached hydrogens (tertiary/aromatic N) is 2. The van der Waals surface area contributed by atoms with Crippen molar-refractivity contribution in [3.8, 4) is 0 Å². The van der Waals surface area contributed by atoms with E-state index in [1.807, 2.05) is 0 Å². The van der Waals surface area contributed by atoms with Crippen LogP contribution in [-0.2, 0) is 16.6 Å². The van der Waals surface area contributed by atoms with Gasteiger partial charge in [0.1, 0.15) is 4.90 Å². The Morgan fingerprint density at radius 2 is 2.09 bits per heavy atom. The second kappa shape index (κ2) is 6.03. The van der Waals surface area contributed by atoms with Crippen LogP contribution in [0.1, 0.15) is 17.0 Å². The van der Waals surface area contributed by atoms with Crippen molar-refractivity contribution in [2.24, 2.45) is 0 Å². The van der Waals surface area contributed by atoms with Gasteiger partial charge < -0.3 is 0 Å². The molecule has 0 aliphatic carbocycles. The first-order valence-corrected chi connectivity index (χ1v) is 8.02. The Bertz CT molecular complexity index is 812. The highest BCUT2D eigenvalue weighted by molar-refractivity contribution is 7.89. The van der Waals surface area contributed by atoms with Crippen molar-refractivity contribution in [1.82, 2.24) is 14.9 Å². The average molecular weight is 345 g/mol. The number of aryl methyl sites for hydroxylation is 2. The minimum atomic E-state index is -3.98. The number of nitrogens with one attached hydrogen (secondary N) is 2. The van der Waals surface area contributed by atoms with Crippen LogP contribution in [0.25, 0.3) is 0 Å². The third-order valence-corrected chi connectivity index (χ3v) is 5.02. The summed E-state index contributed by atoms with van der Waals surface area (Å²) < 4.78 is 27.0. The molecular weight excluding hydrogens is 332 g/mol. The van der Waals surface area contributed by atoms with Gasteiger partial charge in [-0.05, 0) is 19.9 Å². The van der Waals surface area contributed by atoms with Crippen molar-refractivity contribution >= 4 is 27.3 Å². The van der Waals surface area contributed by atoms with E-state index in [1.165, 1.54) is 6.07 Å². The Morgan fingerprint density at radius 3 is 2.64 bits per heavy atom. The normalized spacial score (nSPS) is 11.6. The fraction of sp³-hybridized carbons (Fsp3) is 0.250. The zero-order valence-corrected chi connectivity index (χ0v) is 13.3. The molecule has 118 valence electrons. The van der Waals surface area contributed by atoms with E-state index in [-0.39, 0.29) is 22.2 Å². The van der Waals surface area contributed by atoms with E-state index >= 15 is 0 Å². The van der Waals surface area contributed by atoms with Gasteiger partial charge in [0.25, 0.3) is 5.69 Å². The van der Waals surface area contributed by atoms with Gasteiger partial charge in [0.15, 0.2) is 0 Å². The zero-order chi connectivity index (χ0) is 16.5. The van der Waals surface area contributed by atoms with E-state index in [0.29, 0.717) is 11.3 Å². The number of nitro groups is 1. The quantitative estimate of drug-likeness (QED) is 0.635. The van der Waals surface area contributed by atoms with Gasteiger partial charge in [0.05, 0.1) is 15.6 Å². The van der Waals surface area contributed by atoms with Crippen LogP contribution < -0.4 is 4.72 Å². The minimum Gasteiger partial charge on any atom is -0.282 e. The monoisotopic (exact) mass is 344 g/mol. The lowest BCUT2D eigenvalue weighted by molar-refractivity contribution is -0.385. The molecule has 10 heteroatoms. The third kappa shape index (κ3) is 3.26. The molecule has 1 aromatic heterocycles. The molecule has 0 fully saturated rings. The molecule has 0 bridgehead atoms. The third-order valence-electron chi connectivity index (χ3n) is 3.13. The van der Waals surface area contributed by atoms with Crippen molar-refractivity contribution in [2.45, 2.75) is 25.3 Å². The fourth-order valence-corrected chi connectivity index (χ4v) is 3.40. The SMILES string of the molecule is Cc1n[nH]c(C)c1CNS(=O)(=O)c1cc([N+](=O)[O-])ccc1Cl. The lowest BCUT2D eigenvalue weighted by atomic mass is 10.2. The second-order valence-corrected chi connectivity index (χ2v) is 6.75. The number of aromatic nitrogens is 2. The highest BCUT2D eigenvalue weighted by Crippen LogP contribution is 2.26. The van der Waals surface area contributed by atoms with Crippen LogP contribution >= 0.6 is 11.6 Å². The van der Waals surface area contributed by atoms with Gasteiger partial charge >= 0.3 is 0 Å². The van der Waals surface area contributed by atoms with Crippen LogP contribution in [0.3, 0.4) is 0 Å². The number of hydrogen-bond donors (Lipinski definition) is 2. The van der Waals surface area contributed by atoms with Crippen LogP contribution in [0.2, 0.25) is 5.02 Å². The summed E-state index contributed by atoms with van der Waals surface area (Å²) in [6.07, 6.45) is 0. The molecule has 0 saturated carbocycles. The summed E-state index contributed by atoms with van der Waals surface area (Å²) in [5.74, 6) is 0. The van der Waals surface area contributed by atoms with Crippen molar-refractivity contribution in [3.05, 3.63) is 50.3 Å². The van der Waals surface area contributed by atoms with Gasteiger partial charge in [-0.2, -0.15) is 5.10 Å². The highest BCUT2D eigenvalue weighted by atomic mass is 35.5. The van der Waals surface area contributed by atoms with E-state index in [2.05, 4.69) is 14.9 Å². The Labute approximate surface area is 131 Å². The Balaban J connectivity index is 2.31. The first-order valence-electron chi connectivity index (χ1n) is 6.16. The van der Waals surface area contributed by atoms with Crippen LogP contribution in [-0.4, -0.2) is 23.5 Å². The number of nitro benzene ring substituents is 1. The number of non-ortho nitro benzene ring substituents is 1. The maximum absolute atomic E-state index is 12.3. The number of sulfonamides is 1. The van der Waals surface area contributed by atoms with Crippen molar-refractivity contribution < 1.29 is 13.3 Å². The van der Waals surface area contributed by atoms with Crippen LogP contribution in [0.15, 0.2) is 23.1 Å². The number of rotatable bonds is 5. The molecule has 8 nitrogen and oxygen atoms in total. The van der Waals surface area contributed by atoms with Gasteiger partial charge in [0, 0.05) is 29.9 Å². The highest BCUT2D eigenvalue weighted by Gasteiger charge is 2.22. The van der Waals surface area contributed by atoms with Gasteiger partial charge in [-0.3, -0.25) is 15.2 Å². The van der Waals surface area contributed by atoms with Gasteiger partial charge in [-0.25, -0.2) is 13.1 Å². The molecule has 2 aromatic rings. The lowest BCUT2D eigenvalue weighted by Crippen LogP contribution is -2.24. The summed E-state index contributed by atoms with van der Waals surface area (Å²) >= 11 is 5.85. The van der Waals surface area contributed by atoms with Gasteiger partial charge in [-0.1, -0.05) is 11.6 Å². The maximum atomic E-state index is 12.3. The molecule has 0 aliphatic rings. The topological polar surface area (TPSA) is 118 Å². The summed E-state index contributed by atoms with van der Waals surface area (Å²) in [7, 11) is -3.98. The van der Waals surface area contributed by atoms with Crippen LogP contribution in [0.5, 0.6) is 0 Å². The summed E-state index contributed by atoms with van der Waals surface area (Å²) in [6, 6.07) is 3.26. The molecule has 0 aliphatic heterocycles. The smallest absolute Gasteiger partial charge is 0.270 e. The number of H-pyrrole nitrogens is 1. The van der Waals surface area contributed by atoms with E-state index in [4.69, 9.17) is 11.6 Å². The standard InChI is InChI=1S/C12H13ClN4O4S/c1-7-10(8(2)16-15-7)6-14-22(20,21)12-5-9(17(18)19)3-4-11(12)13/h3-5,14H,6H2,1-2H3,(H,15,16). The second-order valence-electron chi connectivity index (χ2n) is 4.61. The molecule has 0 radical (unpaired) electrons. The Morgan fingerprint density at radius 1 is 1.41 bits per heavy atom. The van der Waals surface area contributed by atoms with Gasteiger partial charge in [-0.15, -0.1) is 0 Å². The molecule has 2 N–H and O–H groups in total. The molecule has 0 unspecified atom stereocenters. The van der Waals surface area contributed by atoms with Gasteiger partial charge in [0.2, 0.25) is 10.0 Å². The first kappa shape index (κ1) is 16.4. The minimum absolute atomic E-state index is 0.00945. The number of halogens is 1. The fourth-order valence-electron chi connectivity index (χ4n) is 1.89. The van der Waals surface area contributed by atoms with E-state index in [0.717, 1.165) is 17.8 Å². The number of aromatic amines is 1. The molecule has 22 heavy (non-hydrogen) atoms. The van der Waals surface area contributed by atoms with Crippen LogP contribution in [0.4, 0.5) is 5.69 Å². The molecular formula is C12H13ClN4O4S. The summed E-state index contributed by atoms with van der Waals surface area (Å²) in [6.45, 7) is 3.52. The molecule has 2 rings (SSSR count). The van der Waals surface area contributed by atoms with Crippen LogP contribution in [0, 0.1) is 24.0 Å². The molecule has 0 atom stereocenters. The predicted octanol–water partition coefficient (Wildman–Crippen LogP) is 2.07. The van der Waals surface area contributed by atoms with E-state index in [9.17, 15) is 18.5 Å². The summed E-state index contributed by atoms with van der Waals surface area (Å²) in [4.78, 5) is 9.75.